The zero-order chi connectivity index (χ0) is 13.0. The fourth-order valence-electron chi connectivity index (χ4n) is 1.46. The van der Waals surface area contributed by atoms with Crippen molar-refractivity contribution in [3.63, 3.8) is 0 Å². The van der Waals surface area contributed by atoms with Crippen molar-refractivity contribution < 1.29 is 23.8 Å². The molecule has 1 N–H and O–H groups in total. The highest BCUT2D eigenvalue weighted by atomic mass is 19.1. The van der Waals surface area contributed by atoms with E-state index in [1.807, 2.05) is 0 Å². The summed E-state index contributed by atoms with van der Waals surface area (Å²) < 4.78 is 23.2. The second kappa shape index (κ2) is 5.63. The van der Waals surface area contributed by atoms with E-state index in [1.165, 1.54) is 13.2 Å². The van der Waals surface area contributed by atoms with Crippen LogP contribution in [0.5, 0.6) is 5.75 Å². The van der Waals surface area contributed by atoms with Crippen molar-refractivity contribution in [2.24, 2.45) is 0 Å². The van der Waals surface area contributed by atoms with Gasteiger partial charge in [-0.25, -0.2) is 9.18 Å². The number of ether oxygens (including phenoxy) is 2. The second-order valence-corrected chi connectivity index (χ2v) is 3.50. The topological polar surface area (TPSA) is 55.8 Å². The SMILES string of the molecule is CCOC(=O)C(O)c1cc(C)c(OC)cc1F. The molecule has 5 heteroatoms. The highest BCUT2D eigenvalue weighted by Crippen LogP contribution is 2.26. The van der Waals surface area contributed by atoms with Crippen molar-refractivity contribution in [2.45, 2.75) is 20.0 Å². The van der Waals surface area contributed by atoms with Crippen LogP contribution < -0.4 is 4.74 Å². The molecule has 0 amide bonds. The quantitative estimate of drug-likeness (QED) is 0.817. The van der Waals surface area contributed by atoms with Crippen LogP contribution in [0.3, 0.4) is 0 Å². The molecule has 0 radical (unpaired) electrons. The summed E-state index contributed by atoms with van der Waals surface area (Å²) >= 11 is 0. The summed E-state index contributed by atoms with van der Waals surface area (Å²) in [6.45, 7) is 3.44. The van der Waals surface area contributed by atoms with Gasteiger partial charge in [-0.05, 0) is 25.5 Å². The van der Waals surface area contributed by atoms with E-state index in [0.717, 1.165) is 6.07 Å². The van der Waals surface area contributed by atoms with Crippen molar-refractivity contribution in [3.8, 4) is 5.75 Å². The minimum absolute atomic E-state index is 0.109. The maximum absolute atomic E-state index is 13.6. The van der Waals surface area contributed by atoms with Crippen LogP contribution in [-0.2, 0) is 9.53 Å². The Bertz CT molecular complexity index is 417. The van der Waals surface area contributed by atoms with Gasteiger partial charge in [-0.1, -0.05) is 0 Å². The first-order valence-electron chi connectivity index (χ1n) is 5.20. The number of carbonyl (C=O) groups is 1. The normalized spacial score (nSPS) is 12.1. The van der Waals surface area contributed by atoms with Gasteiger partial charge in [0.25, 0.3) is 0 Å². The molecule has 0 aliphatic rings. The number of benzene rings is 1. The van der Waals surface area contributed by atoms with Gasteiger partial charge in [0, 0.05) is 11.6 Å². The van der Waals surface area contributed by atoms with Gasteiger partial charge in [0.05, 0.1) is 13.7 Å². The molecular weight excluding hydrogens is 227 g/mol. The number of methoxy groups -OCH3 is 1. The van der Waals surface area contributed by atoms with Crippen molar-refractivity contribution in [1.82, 2.24) is 0 Å². The largest absolute Gasteiger partial charge is 0.496 e. The van der Waals surface area contributed by atoms with Crippen LogP contribution in [-0.4, -0.2) is 24.8 Å². The first kappa shape index (κ1) is 13.4. The lowest BCUT2D eigenvalue weighted by Crippen LogP contribution is -2.17. The van der Waals surface area contributed by atoms with Crippen LogP contribution in [0.2, 0.25) is 0 Å². The average molecular weight is 242 g/mol. The molecule has 94 valence electrons. The minimum Gasteiger partial charge on any atom is -0.496 e. The van der Waals surface area contributed by atoms with Crippen LogP contribution in [0.25, 0.3) is 0 Å². The first-order valence-corrected chi connectivity index (χ1v) is 5.20. The van der Waals surface area contributed by atoms with Crippen LogP contribution in [0.15, 0.2) is 12.1 Å². The Kier molecular flexibility index (Phi) is 4.45. The highest BCUT2D eigenvalue weighted by molar-refractivity contribution is 5.76. The smallest absolute Gasteiger partial charge is 0.339 e. The molecule has 0 saturated heterocycles. The number of halogens is 1. The fraction of sp³-hybridized carbons (Fsp3) is 0.417. The van der Waals surface area contributed by atoms with Gasteiger partial charge in [0.2, 0.25) is 0 Å². The molecular formula is C12H15FO4. The molecule has 0 aromatic heterocycles. The molecule has 0 aliphatic heterocycles. The predicted molar refractivity (Wildman–Crippen MR) is 59.3 cm³/mol. The maximum atomic E-state index is 13.6. The molecule has 1 aromatic rings. The molecule has 0 spiro atoms. The molecule has 0 aliphatic carbocycles. The number of aliphatic hydroxyl groups excluding tert-OH is 1. The summed E-state index contributed by atoms with van der Waals surface area (Å²) in [5, 5.41) is 9.63. The van der Waals surface area contributed by atoms with Gasteiger partial charge in [-0.2, -0.15) is 0 Å². The van der Waals surface area contributed by atoms with E-state index >= 15 is 0 Å². The van der Waals surface area contributed by atoms with E-state index in [9.17, 15) is 14.3 Å². The van der Waals surface area contributed by atoms with E-state index in [0.29, 0.717) is 11.3 Å². The zero-order valence-corrected chi connectivity index (χ0v) is 9.99. The third-order valence-electron chi connectivity index (χ3n) is 2.32. The molecule has 0 fully saturated rings. The molecule has 1 aromatic carbocycles. The molecule has 1 rings (SSSR count). The van der Waals surface area contributed by atoms with Gasteiger partial charge in [0.15, 0.2) is 6.10 Å². The van der Waals surface area contributed by atoms with E-state index in [1.54, 1.807) is 13.8 Å². The lowest BCUT2D eigenvalue weighted by atomic mass is 10.1. The van der Waals surface area contributed by atoms with Crippen LogP contribution in [0, 0.1) is 12.7 Å². The third kappa shape index (κ3) is 2.94. The number of hydrogen-bond acceptors (Lipinski definition) is 4. The number of aryl methyl sites for hydroxylation is 1. The van der Waals surface area contributed by atoms with Gasteiger partial charge in [0.1, 0.15) is 11.6 Å². The summed E-state index contributed by atoms with van der Waals surface area (Å²) in [6.07, 6.45) is -1.61. The highest BCUT2D eigenvalue weighted by Gasteiger charge is 2.23. The Labute approximate surface area is 99.0 Å². The van der Waals surface area contributed by atoms with E-state index in [2.05, 4.69) is 4.74 Å². The Morgan fingerprint density at radius 3 is 2.71 bits per heavy atom. The first-order chi connectivity index (χ1) is 8.01. The number of rotatable bonds is 4. The maximum Gasteiger partial charge on any atom is 0.339 e. The van der Waals surface area contributed by atoms with E-state index in [-0.39, 0.29) is 12.2 Å². The Morgan fingerprint density at radius 2 is 2.18 bits per heavy atom. The summed E-state index contributed by atoms with van der Waals surface area (Å²) in [6, 6.07) is 2.50. The lowest BCUT2D eigenvalue weighted by molar-refractivity contribution is -0.153. The van der Waals surface area contributed by atoms with Gasteiger partial charge in [-0.3, -0.25) is 0 Å². The van der Waals surface area contributed by atoms with Crippen LogP contribution in [0.1, 0.15) is 24.2 Å². The molecule has 0 bridgehead atoms. The number of aliphatic hydroxyl groups is 1. The summed E-state index contributed by atoms with van der Waals surface area (Å²) in [5.74, 6) is -1.20. The molecule has 0 heterocycles. The molecule has 4 nitrogen and oxygen atoms in total. The number of carbonyl (C=O) groups excluding carboxylic acids is 1. The van der Waals surface area contributed by atoms with Gasteiger partial charge >= 0.3 is 5.97 Å². The van der Waals surface area contributed by atoms with E-state index in [4.69, 9.17) is 4.74 Å². The van der Waals surface area contributed by atoms with Crippen molar-refractivity contribution >= 4 is 5.97 Å². The molecule has 1 unspecified atom stereocenters. The lowest BCUT2D eigenvalue weighted by Gasteiger charge is -2.13. The van der Waals surface area contributed by atoms with Crippen molar-refractivity contribution in [1.29, 1.82) is 0 Å². The fourth-order valence-corrected chi connectivity index (χ4v) is 1.46. The summed E-state index contributed by atoms with van der Waals surface area (Å²) in [4.78, 5) is 11.3. The van der Waals surface area contributed by atoms with Gasteiger partial charge in [-0.15, -0.1) is 0 Å². The van der Waals surface area contributed by atoms with Gasteiger partial charge < -0.3 is 14.6 Å². The number of hydrogen-bond donors (Lipinski definition) is 1. The Morgan fingerprint density at radius 1 is 1.53 bits per heavy atom. The van der Waals surface area contributed by atoms with Crippen LogP contribution >= 0.6 is 0 Å². The van der Waals surface area contributed by atoms with E-state index < -0.39 is 17.9 Å². The zero-order valence-electron chi connectivity index (χ0n) is 9.99. The second-order valence-electron chi connectivity index (χ2n) is 3.50. The monoisotopic (exact) mass is 242 g/mol. The third-order valence-corrected chi connectivity index (χ3v) is 2.32. The van der Waals surface area contributed by atoms with Crippen LogP contribution in [0.4, 0.5) is 4.39 Å². The van der Waals surface area contributed by atoms with Crippen molar-refractivity contribution in [3.05, 3.63) is 29.1 Å². The Balaban J connectivity index is 3.06. The molecule has 0 saturated carbocycles. The summed E-state index contributed by atoms with van der Waals surface area (Å²) in [7, 11) is 1.42. The standard InChI is InChI=1S/C12H15FO4/c1-4-17-12(15)11(14)8-5-7(2)10(16-3)6-9(8)13/h5-6,11,14H,4H2,1-3H3. The Hall–Kier alpha value is -1.62. The minimum atomic E-state index is -1.61. The van der Waals surface area contributed by atoms with Crippen molar-refractivity contribution in [2.75, 3.05) is 13.7 Å². The summed E-state index contributed by atoms with van der Waals surface area (Å²) in [5.41, 5.74) is 0.522. The molecule has 17 heavy (non-hydrogen) atoms. The molecule has 1 atom stereocenters. The average Bonchev–Trinajstić information content (AvgIpc) is 2.31. The number of esters is 1. The predicted octanol–water partition coefficient (Wildman–Crippen LogP) is 1.74.